The summed E-state index contributed by atoms with van der Waals surface area (Å²) < 4.78 is 23.1. The molecule has 0 bridgehead atoms. The van der Waals surface area contributed by atoms with Crippen molar-refractivity contribution in [3.8, 4) is 6.07 Å². The van der Waals surface area contributed by atoms with Gasteiger partial charge >= 0.3 is 0 Å². The summed E-state index contributed by atoms with van der Waals surface area (Å²) in [5.74, 6) is -0.517. The Balaban J connectivity index is 3.35. The SMILES string of the molecule is Cc1c(N)cccc1S(=O)(=O)CC#N. The van der Waals surface area contributed by atoms with E-state index in [0.29, 0.717) is 11.3 Å². The first-order valence-electron chi connectivity index (χ1n) is 3.94. The van der Waals surface area contributed by atoms with Crippen LogP contribution in [-0.4, -0.2) is 14.2 Å². The van der Waals surface area contributed by atoms with Crippen LogP contribution in [0.3, 0.4) is 0 Å². The van der Waals surface area contributed by atoms with Crippen molar-refractivity contribution in [1.82, 2.24) is 0 Å². The lowest BCUT2D eigenvalue weighted by molar-refractivity contribution is 0.599. The zero-order chi connectivity index (χ0) is 10.8. The smallest absolute Gasteiger partial charge is 0.192 e. The van der Waals surface area contributed by atoms with E-state index in [1.54, 1.807) is 25.1 Å². The maximum atomic E-state index is 11.5. The quantitative estimate of drug-likeness (QED) is 0.734. The fourth-order valence-electron chi connectivity index (χ4n) is 1.13. The van der Waals surface area contributed by atoms with E-state index >= 15 is 0 Å². The Morgan fingerprint density at radius 3 is 2.71 bits per heavy atom. The third-order valence-electron chi connectivity index (χ3n) is 1.92. The summed E-state index contributed by atoms with van der Waals surface area (Å²) in [4.78, 5) is 0.138. The van der Waals surface area contributed by atoms with Crippen molar-refractivity contribution in [3.63, 3.8) is 0 Å². The highest BCUT2D eigenvalue weighted by molar-refractivity contribution is 7.91. The molecule has 1 aromatic carbocycles. The number of nitrogens with zero attached hydrogens (tertiary/aromatic N) is 1. The number of nitriles is 1. The number of hydrogen-bond donors (Lipinski definition) is 1. The van der Waals surface area contributed by atoms with Gasteiger partial charge in [-0.25, -0.2) is 8.42 Å². The molecule has 0 saturated heterocycles. The lowest BCUT2D eigenvalue weighted by Crippen LogP contribution is -2.08. The molecule has 4 nitrogen and oxygen atoms in total. The molecule has 0 spiro atoms. The highest BCUT2D eigenvalue weighted by Gasteiger charge is 2.17. The number of nitrogen functional groups attached to an aromatic ring is 1. The summed E-state index contributed by atoms with van der Waals surface area (Å²) >= 11 is 0. The molecular weight excluding hydrogens is 200 g/mol. The molecule has 1 rings (SSSR count). The van der Waals surface area contributed by atoms with Gasteiger partial charge in [-0.1, -0.05) is 6.07 Å². The van der Waals surface area contributed by atoms with E-state index in [-0.39, 0.29) is 4.90 Å². The Kier molecular flexibility index (Phi) is 2.77. The maximum absolute atomic E-state index is 11.5. The Morgan fingerprint density at radius 2 is 2.14 bits per heavy atom. The molecule has 14 heavy (non-hydrogen) atoms. The molecule has 0 aromatic heterocycles. The third-order valence-corrected chi connectivity index (χ3v) is 3.54. The average Bonchev–Trinajstić information content (AvgIpc) is 2.09. The summed E-state index contributed by atoms with van der Waals surface area (Å²) in [7, 11) is -3.50. The predicted octanol–water partition coefficient (Wildman–Crippen LogP) is 0.875. The van der Waals surface area contributed by atoms with E-state index in [1.807, 2.05) is 0 Å². The number of sulfone groups is 1. The van der Waals surface area contributed by atoms with Crippen LogP contribution >= 0.6 is 0 Å². The number of anilines is 1. The lowest BCUT2D eigenvalue weighted by atomic mass is 10.2. The largest absolute Gasteiger partial charge is 0.398 e. The van der Waals surface area contributed by atoms with Gasteiger partial charge in [-0.2, -0.15) is 5.26 Å². The highest BCUT2D eigenvalue weighted by Crippen LogP contribution is 2.21. The second-order valence-electron chi connectivity index (χ2n) is 2.89. The minimum Gasteiger partial charge on any atom is -0.398 e. The van der Waals surface area contributed by atoms with Gasteiger partial charge in [-0.3, -0.25) is 0 Å². The summed E-state index contributed by atoms with van der Waals surface area (Å²) in [5, 5.41) is 8.36. The van der Waals surface area contributed by atoms with E-state index in [4.69, 9.17) is 11.0 Å². The van der Waals surface area contributed by atoms with Gasteiger partial charge < -0.3 is 5.73 Å². The monoisotopic (exact) mass is 210 g/mol. The molecular formula is C9H10N2O2S. The van der Waals surface area contributed by atoms with E-state index < -0.39 is 15.6 Å². The van der Waals surface area contributed by atoms with Crippen molar-refractivity contribution in [2.75, 3.05) is 11.5 Å². The molecule has 0 aliphatic carbocycles. The van der Waals surface area contributed by atoms with Crippen molar-refractivity contribution in [1.29, 1.82) is 5.26 Å². The van der Waals surface area contributed by atoms with Gasteiger partial charge in [0.25, 0.3) is 0 Å². The van der Waals surface area contributed by atoms with Gasteiger partial charge in [0, 0.05) is 5.69 Å². The van der Waals surface area contributed by atoms with Crippen LogP contribution in [0.5, 0.6) is 0 Å². The van der Waals surface area contributed by atoms with Crippen molar-refractivity contribution >= 4 is 15.5 Å². The van der Waals surface area contributed by atoms with Crippen LogP contribution in [0.15, 0.2) is 23.1 Å². The van der Waals surface area contributed by atoms with Gasteiger partial charge in [0.2, 0.25) is 0 Å². The molecule has 0 aliphatic rings. The molecule has 0 aliphatic heterocycles. The van der Waals surface area contributed by atoms with Crippen LogP contribution in [0.2, 0.25) is 0 Å². The van der Waals surface area contributed by atoms with E-state index in [0.717, 1.165) is 0 Å². The first-order chi connectivity index (χ1) is 6.49. The summed E-state index contributed by atoms with van der Waals surface area (Å²) in [6.07, 6.45) is 0. The van der Waals surface area contributed by atoms with Crippen LogP contribution in [0.4, 0.5) is 5.69 Å². The molecule has 5 heteroatoms. The van der Waals surface area contributed by atoms with E-state index in [2.05, 4.69) is 0 Å². The summed E-state index contributed by atoms with van der Waals surface area (Å²) in [5.41, 5.74) is 6.49. The van der Waals surface area contributed by atoms with Crippen LogP contribution in [0.1, 0.15) is 5.56 Å². The first-order valence-corrected chi connectivity index (χ1v) is 5.59. The number of benzene rings is 1. The molecule has 0 heterocycles. The van der Waals surface area contributed by atoms with Gasteiger partial charge in [0.15, 0.2) is 9.84 Å². The molecule has 0 fully saturated rings. The maximum Gasteiger partial charge on any atom is 0.192 e. The van der Waals surface area contributed by atoms with Crippen molar-refractivity contribution in [3.05, 3.63) is 23.8 Å². The molecule has 74 valence electrons. The minimum atomic E-state index is -3.50. The van der Waals surface area contributed by atoms with Gasteiger partial charge in [-0.05, 0) is 24.6 Å². The van der Waals surface area contributed by atoms with Crippen LogP contribution in [0.25, 0.3) is 0 Å². The molecule has 1 aromatic rings. The second-order valence-corrected chi connectivity index (χ2v) is 4.85. The molecule has 2 N–H and O–H groups in total. The molecule has 0 atom stereocenters. The highest BCUT2D eigenvalue weighted by atomic mass is 32.2. The number of hydrogen-bond acceptors (Lipinski definition) is 4. The van der Waals surface area contributed by atoms with E-state index in [1.165, 1.54) is 6.07 Å². The van der Waals surface area contributed by atoms with Crippen LogP contribution in [-0.2, 0) is 9.84 Å². The average molecular weight is 210 g/mol. The van der Waals surface area contributed by atoms with Crippen LogP contribution in [0, 0.1) is 18.3 Å². The van der Waals surface area contributed by atoms with Crippen molar-refractivity contribution < 1.29 is 8.42 Å². The number of rotatable bonds is 2. The third kappa shape index (κ3) is 1.86. The summed E-state index contributed by atoms with van der Waals surface area (Å²) in [6, 6.07) is 6.27. The molecule has 0 unspecified atom stereocenters. The Labute approximate surface area is 82.9 Å². The van der Waals surface area contributed by atoms with Crippen molar-refractivity contribution in [2.24, 2.45) is 0 Å². The fourth-order valence-corrected chi connectivity index (χ4v) is 2.33. The Hall–Kier alpha value is -1.54. The Bertz CT molecular complexity index is 486. The molecule has 0 radical (unpaired) electrons. The summed E-state index contributed by atoms with van der Waals surface area (Å²) in [6.45, 7) is 1.62. The first kappa shape index (κ1) is 10.5. The zero-order valence-corrected chi connectivity index (χ0v) is 8.50. The lowest BCUT2D eigenvalue weighted by Gasteiger charge is -2.06. The fraction of sp³-hybridized carbons (Fsp3) is 0.222. The predicted molar refractivity (Wildman–Crippen MR) is 53.3 cm³/mol. The minimum absolute atomic E-state index is 0.138. The normalized spacial score (nSPS) is 10.9. The van der Waals surface area contributed by atoms with Crippen molar-refractivity contribution in [2.45, 2.75) is 11.8 Å². The molecule has 0 saturated carbocycles. The van der Waals surface area contributed by atoms with E-state index in [9.17, 15) is 8.42 Å². The number of nitrogens with two attached hydrogens (primary N) is 1. The van der Waals surface area contributed by atoms with Gasteiger partial charge in [0.1, 0.15) is 5.75 Å². The topological polar surface area (TPSA) is 84.0 Å². The van der Waals surface area contributed by atoms with Crippen LogP contribution < -0.4 is 5.73 Å². The standard InChI is InChI=1S/C9H10N2O2S/c1-7-8(11)3-2-4-9(7)14(12,13)6-5-10/h2-4H,6,11H2,1H3. The Morgan fingerprint density at radius 1 is 1.50 bits per heavy atom. The molecule has 0 amide bonds. The zero-order valence-electron chi connectivity index (χ0n) is 7.69. The van der Waals surface area contributed by atoms with Gasteiger partial charge in [-0.15, -0.1) is 0 Å². The van der Waals surface area contributed by atoms with Gasteiger partial charge in [0.05, 0.1) is 11.0 Å². The second kappa shape index (κ2) is 3.68.